The number of ketones is 1. The van der Waals surface area contributed by atoms with E-state index >= 15 is 0 Å². The molecule has 94 valence electrons. The summed E-state index contributed by atoms with van der Waals surface area (Å²) in [6.45, 7) is 6.85. The molecule has 0 aromatic carbocycles. The second-order valence-electron chi connectivity index (χ2n) is 5.32. The number of nitrogens with zero attached hydrogens (tertiary/aromatic N) is 1. The molecular formula is C11H18F3NO. The first kappa shape index (κ1) is 13.5. The van der Waals surface area contributed by atoms with E-state index in [1.165, 1.54) is 0 Å². The zero-order chi connectivity index (χ0) is 12.6. The van der Waals surface area contributed by atoms with E-state index in [9.17, 15) is 18.0 Å². The average molecular weight is 237 g/mol. The Kier molecular flexibility index (Phi) is 3.67. The zero-order valence-electron chi connectivity index (χ0n) is 9.90. The highest BCUT2D eigenvalue weighted by Crippen LogP contribution is 2.29. The van der Waals surface area contributed by atoms with Crippen molar-refractivity contribution >= 4 is 5.78 Å². The summed E-state index contributed by atoms with van der Waals surface area (Å²) < 4.78 is 36.9. The standard InChI is InChI=1S/C11H18F3NO/c1-10(2,3)15-6-4-5-8(7-15)9(16)11(12,13)14/h8H,4-7H2,1-3H3. The third-order valence-corrected chi connectivity index (χ3v) is 3.02. The fourth-order valence-corrected chi connectivity index (χ4v) is 2.03. The summed E-state index contributed by atoms with van der Waals surface area (Å²) >= 11 is 0. The van der Waals surface area contributed by atoms with Gasteiger partial charge in [-0.25, -0.2) is 0 Å². The number of carbonyl (C=O) groups is 1. The Bertz CT molecular complexity index is 267. The summed E-state index contributed by atoms with van der Waals surface area (Å²) in [7, 11) is 0. The van der Waals surface area contributed by atoms with E-state index in [1.54, 1.807) is 0 Å². The lowest BCUT2D eigenvalue weighted by molar-refractivity contribution is -0.177. The largest absolute Gasteiger partial charge is 0.450 e. The lowest BCUT2D eigenvalue weighted by atomic mass is 9.90. The van der Waals surface area contributed by atoms with Crippen molar-refractivity contribution < 1.29 is 18.0 Å². The second kappa shape index (κ2) is 4.35. The summed E-state index contributed by atoms with van der Waals surface area (Å²) in [6.07, 6.45) is -3.68. The number of hydrogen-bond acceptors (Lipinski definition) is 2. The van der Waals surface area contributed by atoms with Crippen molar-refractivity contribution in [1.29, 1.82) is 0 Å². The summed E-state index contributed by atoms with van der Waals surface area (Å²) in [5, 5.41) is 0. The summed E-state index contributed by atoms with van der Waals surface area (Å²) in [5.41, 5.74) is -0.176. The zero-order valence-corrected chi connectivity index (χ0v) is 9.90. The molecule has 1 aliphatic heterocycles. The molecule has 0 aromatic heterocycles. The number of alkyl halides is 3. The Morgan fingerprint density at radius 1 is 1.25 bits per heavy atom. The molecule has 1 fully saturated rings. The molecule has 5 heteroatoms. The van der Waals surface area contributed by atoms with Gasteiger partial charge < -0.3 is 0 Å². The Morgan fingerprint density at radius 2 is 1.81 bits per heavy atom. The number of carbonyl (C=O) groups excluding carboxylic acids is 1. The first-order valence-corrected chi connectivity index (χ1v) is 5.48. The van der Waals surface area contributed by atoms with Crippen molar-refractivity contribution in [2.24, 2.45) is 5.92 Å². The van der Waals surface area contributed by atoms with Crippen molar-refractivity contribution in [3.8, 4) is 0 Å². The number of halogens is 3. The Hall–Kier alpha value is -0.580. The molecule has 16 heavy (non-hydrogen) atoms. The maximum atomic E-state index is 12.3. The Morgan fingerprint density at radius 3 is 2.25 bits per heavy atom. The molecule has 1 saturated heterocycles. The van der Waals surface area contributed by atoms with Crippen molar-refractivity contribution in [1.82, 2.24) is 4.90 Å². The second-order valence-corrected chi connectivity index (χ2v) is 5.32. The van der Waals surface area contributed by atoms with Crippen LogP contribution in [0.5, 0.6) is 0 Å². The number of piperidine rings is 1. The molecule has 0 spiro atoms. The van der Waals surface area contributed by atoms with Crippen molar-refractivity contribution in [3.63, 3.8) is 0 Å². The topological polar surface area (TPSA) is 20.3 Å². The predicted molar refractivity (Wildman–Crippen MR) is 55.1 cm³/mol. The van der Waals surface area contributed by atoms with Crippen molar-refractivity contribution in [2.75, 3.05) is 13.1 Å². The fourth-order valence-electron chi connectivity index (χ4n) is 2.03. The van der Waals surface area contributed by atoms with Gasteiger partial charge in [0.15, 0.2) is 0 Å². The fraction of sp³-hybridized carbons (Fsp3) is 0.909. The van der Waals surface area contributed by atoms with Crippen LogP contribution in [0.15, 0.2) is 0 Å². The van der Waals surface area contributed by atoms with E-state index in [0.717, 1.165) is 6.54 Å². The van der Waals surface area contributed by atoms with Gasteiger partial charge in [0.05, 0.1) is 0 Å². The number of likely N-dealkylation sites (tertiary alicyclic amines) is 1. The molecule has 2 nitrogen and oxygen atoms in total. The maximum absolute atomic E-state index is 12.3. The van der Waals surface area contributed by atoms with Gasteiger partial charge in [-0.3, -0.25) is 9.69 Å². The van der Waals surface area contributed by atoms with Gasteiger partial charge in [-0.15, -0.1) is 0 Å². The van der Waals surface area contributed by atoms with E-state index < -0.39 is 17.9 Å². The van der Waals surface area contributed by atoms with E-state index in [0.29, 0.717) is 12.8 Å². The van der Waals surface area contributed by atoms with E-state index in [-0.39, 0.29) is 12.1 Å². The van der Waals surface area contributed by atoms with Crippen LogP contribution in [0.25, 0.3) is 0 Å². The van der Waals surface area contributed by atoms with Crippen LogP contribution >= 0.6 is 0 Å². The molecule has 1 heterocycles. The average Bonchev–Trinajstić information content (AvgIpc) is 2.14. The number of rotatable bonds is 1. The van der Waals surface area contributed by atoms with Crippen LogP contribution in [0.1, 0.15) is 33.6 Å². The van der Waals surface area contributed by atoms with Crippen molar-refractivity contribution in [3.05, 3.63) is 0 Å². The molecule has 0 saturated carbocycles. The highest BCUT2D eigenvalue weighted by atomic mass is 19.4. The van der Waals surface area contributed by atoms with Gasteiger partial charge >= 0.3 is 6.18 Å². The summed E-state index contributed by atoms with van der Waals surface area (Å²) in [6, 6.07) is 0. The quantitative estimate of drug-likeness (QED) is 0.698. The smallest absolute Gasteiger partial charge is 0.298 e. The van der Waals surface area contributed by atoms with Crippen LogP contribution in [0, 0.1) is 5.92 Å². The number of Topliss-reactive ketones (excluding diaryl/α,β-unsaturated/α-hetero) is 1. The SMILES string of the molecule is CC(C)(C)N1CCCC(C(=O)C(F)(F)F)C1. The predicted octanol–water partition coefficient (Wildman–Crippen LogP) is 2.63. The van der Waals surface area contributed by atoms with E-state index in [1.807, 2.05) is 25.7 Å². The van der Waals surface area contributed by atoms with Gasteiger partial charge in [0.1, 0.15) is 0 Å². The third kappa shape index (κ3) is 3.20. The monoisotopic (exact) mass is 237 g/mol. The normalized spacial score (nSPS) is 24.5. The molecule has 1 aliphatic rings. The van der Waals surface area contributed by atoms with Gasteiger partial charge in [-0.05, 0) is 40.2 Å². The molecule has 0 radical (unpaired) electrons. The molecular weight excluding hydrogens is 219 g/mol. The van der Waals surface area contributed by atoms with Crippen LogP contribution in [-0.2, 0) is 4.79 Å². The highest BCUT2D eigenvalue weighted by Gasteiger charge is 2.45. The molecule has 1 unspecified atom stereocenters. The molecule has 0 aromatic rings. The molecule has 0 aliphatic carbocycles. The molecule has 0 N–H and O–H groups in total. The Labute approximate surface area is 93.8 Å². The van der Waals surface area contributed by atoms with Crippen molar-refractivity contribution in [2.45, 2.75) is 45.3 Å². The van der Waals surface area contributed by atoms with Gasteiger partial charge in [0, 0.05) is 18.0 Å². The Balaban J connectivity index is 2.68. The minimum absolute atomic E-state index is 0.176. The maximum Gasteiger partial charge on any atom is 0.450 e. The van der Waals surface area contributed by atoms with Gasteiger partial charge in [-0.2, -0.15) is 13.2 Å². The molecule has 0 bridgehead atoms. The van der Waals surface area contributed by atoms with E-state index in [4.69, 9.17) is 0 Å². The van der Waals surface area contributed by atoms with Crippen LogP contribution in [0.4, 0.5) is 13.2 Å². The van der Waals surface area contributed by atoms with Gasteiger partial charge in [0.2, 0.25) is 5.78 Å². The minimum Gasteiger partial charge on any atom is -0.298 e. The lowest BCUT2D eigenvalue weighted by Crippen LogP contribution is -2.50. The van der Waals surface area contributed by atoms with Crippen LogP contribution in [0.3, 0.4) is 0 Å². The number of hydrogen-bond donors (Lipinski definition) is 0. The molecule has 1 atom stereocenters. The van der Waals surface area contributed by atoms with E-state index in [2.05, 4.69) is 0 Å². The molecule has 1 rings (SSSR count). The lowest BCUT2D eigenvalue weighted by Gasteiger charge is -2.41. The van der Waals surface area contributed by atoms with Crippen LogP contribution < -0.4 is 0 Å². The third-order valence-electron chi connectivity index (χ3n) is 3.02. The van der Waals surface area contributed by atoms with Crippen LogP contribution in [0.2, 0.25) is 0 Å². The van der Waals surface area contributed by atoms with Gasteiger partial charge in [-0.1, -0.05) is 0 Å². The first-order chi connectivity index (χ1) is 7.12. The van der Waals surface area contributed by atoms with Gasteiger partial charge in [0.25, 0.3) is 0 Å². The minimum atomic E-state index is -4.69. The molecule has 0 amide bonds. The van der Waals surface area contributed by atoms with Crippen LogP contribution in [-0.4, -0.2) is 35.5 Å². The first-order valence-electron chi connectivity index (χ1n) is 5.48. The highest BCUT2D eigenvalue weighted by molar-refractivity contribution is 5.86. The summed E-state index contributed by atoms with van der Waals surface area (Å²) in [5.74, 6) is -2.45. The summed E-state index contributed by atoms with van der Waals surface area (Å²) in [4.78, 5) is 13.1.